The summed E-state index contributed by atoms with van der Waals surface area (Å²) in [4.78, 5) is 21.4. The fourth-order valence-corrected chi connectivity index (χ4v) is 4.73. The maximum atomic E-state index is 12.3. The Kier molecular flexibility index (Phi) is 7.45. The Bertz CT molecular complexity index is 1790. The van der Waals surface area contributed by atoms with E-state index in [2.05, 4.69) is 38.1 Å². The second kappa shape index (κ2) is 11.8. The van der Waals surface area contributed by atoms with Crippen LogP contribution >= 0.6 is 0 Å². The predicted octanol–water partition coefficient (Wildman–Crippen LogP) is 6.65. The van der Waals surface area contributed by atoms with E-state index in [-0.39, 0.29) is 6.03 Å². The van der Waals surface area contributed by atoms with Crippen molar-refractivity contribution in [3.63, 3.8) is 0 Å². The van der Waals surface area contributed by atoms with Gasteiger partial charge in [-0.1, -0.05) is 90.4 Å². The Morgan fingerprint density at radius 1 is 0.756 bits per heavy atom. The van der Waals surface area contributed by atoms with E-state index in [1.807, 2.05) is 72.8 Å². The smallest absolute Gasteiger partial charge is 0.323 e. The van der Waals surface area contributed by atoms with E-state index in [1.165, 1.54) is 6.33 Å². The lowest BCUT2D eigenvalue weighted by Gasteiger charge is -2.10. The van der Waals surface area contributed by atoms with Crippen LogP contribution in [-0.4, -0.2) is 30.4 Å². The van der Waals surface area contributed by atoms with Crippen LogP contribution in [0, 0.1) is 0 Å². The number of fused-ring (bicyclic) bond motifs is 1. The van der Waals surface area contributed by atoms with Gasteiger partial charge in [0, 0.05) is 29.0 Å². The molecule has 4 aromatic carbocycles. The molecule has 0 fully saturated rings. The molecule has 2 radical (unpaired) electrons. The summed E-state index contributed by atoms with van der Waals surface area (Å²) < 4.78 is 6.30. The molecule has 198 valence electrons. The zero-order valence-corrected chi connectivity index (χ0v) is 22.2. The third-order valence-electron chi connectivity index (χ3n) is 6.65. The number of amides is 2. The molecular formula is C33H26BN5O2. The lowest BCUT2D eigenvalue weighted by molar-refractivity contribution is 0.262. The number of benzene rings is 4. The zero-order chi connectivity index (χ0) is 28.0. The molecule has 8 heteroatoms. The number of urea groups is 1. The van der Waals surface area contributed by atoms with Gasteiger partial charge in [-0.15, -0.1) is 0 Å². The van der Waals surface area contributed by atoms with Crippen LogP contribution in [0.25, 0.3) is 33.6 Å². The molecule has 0 atom stereocenters. The summed E-state index contributed by atoms with van der Waals surface area (Å²) in [6, 6.07) is 34.7. The average Bonchev–Trinajstić information content (AvgIpc) is 3.40. The molecule has 0 spiro atoms. The molecule has 3 N–H and O–H groups in total. The van der Waals surface area contributed by atoms with Crippen LogP contribution in [0.3, 0.4) is 0 Å². The molecule has 2 amide bonds. The van der Waals surface area contributed by atoms with E-state index in [4.69, 9.17) is 12.3 Å². The van der Waals surface area contributed by atoms with E-state index in [0.717, 1.165) is 45.6 Å². The highest BCUT2D eigenvalue weighted by Crippen LogP contribution is 2.42. The van der Waals surface area contributed by atoms with Crippen molar-refractivity contribution in [1.82, 2.24) is 9.97 Å². The highest BCUT2D eigenvalue weighted by molar-refractivity contribution is 6.32. The number of carbonyl (C=O) groups excluding carboxylic acids is 1. The van der Waals surface area contributed by atoms with E-state index in [0.29, 0.717) is 29.1 Å². The molecule has 2 aromatic heterocycles. The fraction of sp³-hybridized carbons (Fsp3) is 0.0606. The van der Waals surface area contributed by atoms with E-state index >= 15 is 0 Å². The first-order valence-corrected chi connectivity index (χ1v) is 13.3. The molecule has 0 aliphatic heterocycles. The molecule has 0 bridgehead atoms. The van der Waals surface area contributed by atoms with Gasteiger partial charge in [-0.3, -0.25) is 0 Å². The summed E-state index contributed by atoms with van der Waals surface area (Å²) >= 11 is 0. The molecule has 0 saturated carbocycles. The standard InChI is InChI=1S/C33H26BN5O2/c34-25-12-7-13-27(20-25)39-33(40)38-26-16-14-22(15-17-26)18-19-35-31-29-28(23-8-3-1-4-9-23)30(24-10-5-2-6-11-24)41-32(29)37-21-36-31/h1-17,20-21H,18-19H2,(H,35,36,37)(H2,38,39,40). The van der Waals surface area contributed by atoms with E-state index in [9.17, 15) is 4.79 Å². The second-order valence-electron chi connectivity index (χ2n) is 9.52. The van der Waals surface area contributed by atoms with Crippen LogP contribution in [-0.2, 0) is 6.42 Å². The largest absolute Gasteiger partial charge is 0.437 e. The Labute approximate surface area is 239 Å². The van der Waals surface area contributed by atoms with Gasteiger partial charge in [-0.2, -0.15) is 0 Å². The highest BCUT2D eigenvalue weighted by atomic mass is 16.3. The molecule has 7 nitrogen and oxygen atoms in total. The Morgan fingerprint density at radius 2 is 1.46 bits per heavy atom. The van der Waals surface area contributed by atoms with Gasteiger partial charge in [-0.25, -0.2) is 14.8 Å². The van der Waals surface area contributed by atoms with Crippen molar-refractivity contribution in [2.45, 2.75) is 6.42 Å². The number of hydrogen-bond acceptors (Lipinski definition) is 5. The van der Waals surface area contributed by atoms with Crippen molar-refractivity contribution in [1.29, 1.82) is 0 Å². The van der Waals surface area contributed by atoms with Crippen molar-refractivity contribution in [3.05, 3.63) is 121 Å². The minimum atomic E-state index is -0.331. The van der Waals surface area contributed by atoms with Gasteiger partial charge in [0.1, 0.15) is 25.8 Å². The summed E-state index contributed by atoms with van der Waals surface area (Å²) in [6.45, 7) is 0.648. The van der Waals surface area contributed by atoms with Gasteiger partial charge >= 0.3 is 6.03 Å². The number of carbonyl (C=O) groups is 1. The van der Waals surface area contributed by atoms with Crippen molar-refractivity contribution in [3.8, 4) is 22.5 Å². The summed E-state index contributed by atoms with van der Waals surface area (Å²) in [5.74, 6) is 1.48. The lowest BCUT2D eigenvalue weighted by Crippen LogP contribution is -2.20. The Hall–Kier alpha value is -5.37. The topological polar surface area (TPSA) is 92.1 Å². The lowest BCUT2D eigenvalue weighted by atomic mass is 9.96. The number of nitrogens with zero attached hydrogens (tertiary/aromatic N) is 2. The first-order valence-electron chi connectivity index (χ1n) is 13.3. The van der Waals surface area contributed by atoms with Crippen LogP contribution in [0.4, 0.5) is 22.0 Å². The van der Waals surface area contributed by atoms with Crippen LogP contribution in [0.15, 0.2) is 120 Å². The Morgan fingerprint density at radius 3 is 2.20 bits per heavy atom. The summed E-state index contributed by atoms with van der Waals surface area (Å²) in [6.07, 6.45) is 2.28. The number of anilines is 3. The van der Waals surface area contributed by atoms with Crippen molar-refractivity contribution >= 4 is 47.6 Å². The Balaban J connectivity index is 1.17. The number of furan rings is 1. The number of hydrogen-bond donors (Lipinski definition) is 3. The van der Waals surface area contributed by atoms with Gasteiger partial charge in [0.15, 0.2) is 0 Å². The summed E-state index contributed by atoms with van der Waals surface area (Å²) in [7, 11) is 5.78. The van der Waals surface area contributed by atoms with Crippen LogP contribution in [0.1, 0.15) is 5.56 Å². The zero-order valence-electron chi connectivity index (χ0n) is 22.2. The third kappa shape index (κ3) is 5.97. The molecular weight excluding hydrogens is 509 g/mol. The third-order valence-corrected chi connectivity index (χ3v) is 6.65. The molecule has 6 aromatic rings. The number of aromatic nitrogens is 2. The first-order chi connectivity index (χ1) is 20.1. The monoisotopic (exact) mass is 535 g/mol. The van der Waals surface area contributed by atoms with Gasteiger partial charge < -0.3 is 20.4 Å². The minimum Gasteiger partial charge on any atom is -0.437 e. The van der Waals surface area contributed by atoms with Crippen molar-refractivity contribution < 1.29 is 9.21 Å². The maximum Gasteiger partial charge on any atom is 0.323 e. The molecule has 41 heavy (non-hydrogen) atoms. The van der Waals surface area contributed by atoms with Crippen LogP contribution in [0.2, 0.25) is 0 Å². The average molecular weight is 535 g/mol. The van der Waals surface area contributed by atoms with Gasteiger partial charge in [0.05, 0.1) is 5.39 Å². The number of rotatable bonds is 8. The normalized spacial score (nSPS) is 10.8. The first kappa shape index (κ1) is 25.9. The quantitative estimate of drug-likeness (QED) is 0.190. The molecule has 0 aliphatic carbocycles. The van der Waals surface area contributed by atoms with Crippen LogP contribution in [0.5, 0.6) is 0 Å². The van der Waals surface area contributed by atoms with E-state index < -0.39 is 0 Å². The highest BCUT2D eigenvalue weighted by Gasteiger charge is 2.21. The summed E-state index contributed by atoms with van der Waals surface area (Å²) in [5, 5.41) is 9.96. The van der Waals surface area contributed by atoms with Crippen LogP contribution < -0.4 is 21.4 Å². The van der Waals surface area contributed by atoms with Crippen molar-refractivity contribution in [2.75, 3.05) is 22.5 Å². The summed E-state index contributed by atoms with van der Waals surface area (Å²) in [5.41, 5.74) is 6.53. The van der Waals surface area contributed by atoms with Gasteiger partial charge in [0.2, 0.25) is 5.71 Å². The van der Waals surface area contributed by atoms with Crippen molar-refractivity contribution in [2.24, 2.45) is 0 Å². The molecule has 2 heterocycles. The fourth-order valence-electron chi connectivity index (χ4n) is 4.73. The molecule has 0 aliphatic rings. The predicted molar refractivity (Wildman–Crippen MR) is 166 cm³/mol. The number of nitrogens with one attached hydrogen (secondary N) is 3. The minimum absolute atomic E-state index is 0.331. The molecule has 0 unspecified atom stereocenters. The second-order valence-corrected chi connectivity index (χ2v) is 9.52. The SMILES string of the molecule is [B]c1cccc(NC(=O)Nc2ccc(CCNc3ncnc4oc(-c5ccccc5)c(-c5ccccc5)c34)cc2)c1. The van der Waals surface area contributed by atoms with E-state index in [1.54, 1.807) is 24.3 Å². The van der Waals surface area contributed by atoms with Gasteiger partial charge in [-0.05, 0) is 41.8 Å². The maximum absolute atomic E-state index is 12.3. The molecule has 6 rings (SSSR count). The van der Waals surface area contributed by atoms with Gasteiger partial charge in [0.25, 0.3) is 0 Å². The molecule has 0 saturated heterocycles.